The number of aryl methyl sites for hydroxylation is 1. The van der Waals surface area contributed by atoms with Gasteiger partial charge in [0.15, 0.2) is 0 Å². The van der Waals surface area contributed by atoms with Crippen molar-refractivity contribution in [2.24, 2.45) is 0 Å². The van der Waals surface area contributed by atoms with Gasteiger partial charge >= 0.3 is 0 Å². The molecule has 1 aromatic rings. The first-order valence-electron chi connectivity index (χ1n) is 8.31. The maximum atomic E-state index is 11.7. The van der Waals surface area contributed by atoms with Gasteiger partial charge in [0, 0.05) is 24.0 Å². The Morgan fingerprint density at radius 2 is 2.23 bits per heavy atom. The fourth-order valence-electron chi connectivity index (χ4n) is 2.94. The smallest absolute Gasteiger partial charge is 0.220 e. The van der Waals surface area contributed by atoms with E-state index in [0.717, 1.165) is 48.1 Å². The topological polar surface area (TPSA) is 58.6 Å². The lowest BCUT2D eigenvalue weighted by Crippen LogP contribution is -2.32. The molecule has 22 heavy (non-hydrogen) atoms. The van der Waals surface area contributed by atoms with Crippen LogP contribution < -0.4 is 10.1 Å². The second-order valence-corrected chi connectivity index (χ2v) is 6.04. The number of nitrogens with one attached hydrogen (secondary N) is 1. The third kappa shape index (κ3) is 3.80. The molecule has 1 aromatic carbocycles. The van der Waals surface area contributed by atoms with Gasteiger partial charge in [-0.1, -0.05) is 38.3 Å². The van der Waals surface area contributed by atoms with Crippen molar-refractivity contribution in [1.82, 2.24) is 5.32 Å². The number of hydrogen-bond donors (Lipinski definition) is 2. The minimum absolute atomic E-state index is 0.0202. The minimum Gasteiger partial charge on any atom is -0.493 e. The molecule has 1 amide bonds. The van der Waals surface area contributed by atoms with E-state index in [-0.39, 0.29) is 11.9 Å². The van der Waals surface area contributed by atoms with Gasteiger partial charge in [0.2, 0.25) is 5.91 Å². The monoisotopic (exact) mass is 305 g/mol. The van der Waals surface area contributed by atoms with E-state index in [1.807, 2.05) is 19.9 Å². The van der Waals surface area contributed by atoms with Crippen molar-refractivity contribution in [2.45, 2.75) is 65.0 Å². The summed E-state index contributed by atoms with van der Waals surface area (Å²) in [7, 11) is 0. The van der Waals surface area contributed by atoms with Crippen LogP contribution in [0.1, 0.15) is 74.8 Å². The summed E-state index contributed by atoms with van der Waals surface area (Å²) in [5.74, 6) is 0.814. The Bertz CT molecular complexity index is 527. The van der Waals surface area contributed by atoms with Crippen LogP contribution in [0.3, 0.4) is 0 Å². The molecule has 0 saturated heterocycles. The summed E-state index contributed by atoms with van der Waals surface area (Å²) in [6.07, 6.45) is 3.52. The van der Waals surface area contributed by atoms with Crippen molar-refractivity contribution >= 4 is 5.91 Å². The molecule has 1 heterocycles. The van der Waals surface area contributed by atoms with Crippen molar-refractivity contribution in [1.29, 1.82) is 0 Å². The van der Waals surface area contributed by atoms with E-state index in [4.69, 9.17) is 4.74 Å². The van der Waals surface area contributed by atoms with Crippen LogP contribution in [0.5, 0.6) is 5.75 Å². The van der Waals surface area contributed by atoms with Crippen molar-refractivity contribution in [2.75, 3.05) is 6.61 Å². The van der Waals surface area contributed by atoms with Crippen molar-refractivity contribution in [3.63, 3.8) is 0 Å². The van der Waals surface area contributed by atoms with Gasteiger partial charge in [-0.2, -0.15) is 0 Å². The maximum Gasteiger partial charge on any atom is 0.220 e. The number of fused-ring (bicyclic) bond motifs is 1. The number of amides is 1. The Balaban J connectivity index is 2.32. The molecule has 2 atom stereocenters. The average molecular weight is 305 g/mol. The van der Waals surface area contributed by atoms with Crippen LogP contribution in [0.15, 0.2) is 12.1 Å². The number of aliphatic hydroxyl groups is 1. The number of unbranched alkanes of at least 4 members (excludes halogenated alkanes) is 1. The summed E-state index contributed by atoms with van der Waals surface area (Å²) < 4.78 is 5.84. The van der Waals surface area contributed by atoms with Gasteiger partial charge in [-0.05, 0) is 19.4 Å². The molecule has 4 nitrogen and oxygen atoms in total. The normalized spacial score (nSPS) is 18.3. The third-order valence-electron chi connectivity index (χ3n) is 4.17. The van der Waals surface area contributed by atoms with Gasteiger partial charge in [0.25, 0.3) is 0 Å². The molecular weight excluding hydrogens is 278 g/mol. The van der Waals surface area contributed by atoms with Crippen LogP contribution in [-0.2, 0) is 4.79 Å². The molecule has 0 aliphatic carbocycles. The molecule has 0 radical (unpaired) electrons. The second kappa shape index (κ2) is 7.63. The number of aliphatic hydroxyl groups excluding tert-OH is 1. The van der Waals surface area contributed by atoms with Crippen LogP contribution in [0, 0.1) is 6.92 Å². The summed E-state index contributed by atoms with van der Waals surface area (Å²) in [6.45, 7) is 6.55. The first kappa shape index (κ1) is 16.8. The van der Waals surface area contributed by atoms with Crippen molar-refractivity contribution in [3.05, 3.63) is 28.8 Å². The molecule has 122 valence electrons. The molecule has 0 saturated carbocycles. The summed E-state index contributed by atoms with van der Waals surface area (Å²) >= 11 is 0. The highest BCUT2D eigenvalue weighted by molar-refractivity contribution is 5.76. The Kier molecular flexibility index (Phi) is 5.83. The molecule has 0 fully saturated rings. The summed E-state index contributed by atoms with van der Waals surface area (Å²) in [5.41, 5.74) is 2.95. The standard InChI is InChI=1S/C18H27NO3/c1-4-6-7-16(20)14-11-12(3)10-13-15(19-17(21)5-2)8-9-22-18(13)14/h10-11,15-16,20H,4-9H2,1-3H3,(H,19,21). The first-order valence-corrected chi connectivity index (χ1v) is 8.31. The average Bonchev–Trinajstić information content (AvgIpc) is 2.52. The van der Waals surface area contributed by atoms with Crippen molar-refractivity contribution < 1.29 is 14.6 Å². The number of carbonyl (C=O) groups excluding carboxylic acids is 1. The third-order valence-corrected chi connectivity index (χ3v) is 4.17. The highest BCUT2D eigenvalue weighted by Gasteiger charge is 2.27. The van der Waals surface area contributed by atoms with E-state index in [1.54, 1.807) is 0 Å². The Morgan fingerprint density at radius 1 is 1.45 bits per heavy atom. The van der Waals surface area contributed by atoms with Gasteiger partial charge < -0.3 is 15.2 Å². The Morgan fingerprint density at radius 3 is 2.91 bits per heavy atom. The summed E-state index contributed by atoms with van der Waals surface area (Å²) in [5, 5.41) is 13.5. The van der Waals surface area contributed by atoms with Gasteiger partial charge in [-0.25, -0.2) is 0 Å². The number of hydrogen-bond acceptors (Lipinski definition) is 3. The lowest BCUT2D eigenvalue weighted by molar-refractivity contribution is -0.121. The molecule has 1 aliphatic heterocycles. The predicted octanol–water partition coefficient (Wildman–Crippen LogP) is 3.57. The van der Waals surface area contributed by atoms with E-state index < -0.39 is 6.10 Å². The molecular formula is C18H27NO3. The predicted molar refractivity (Wildman–Crippen MR) is 87.0 cm³/mol. The largest absolute Gasteiger partial charge is 0.493 e. The van der Waals surface area contributed by atoms with E-state index in [1.165, 1.54) is 0 Å². The molecule has 2 rings (SSSR count). The SMILES string of the molecule is CCCCC(O)c1cc(C)cc2c1OCCC2NC(=O)CC. The maximum absolute atomic E-state index is 11.7. The molecule has 2 N–H and O–H groups in total. The number of carbonyl (C=O) groups is 1. The van der Waals surface area contributed by atoms with Gasteiger partial charge in [0.05, 0.1) is 18.8 Å². The van der Waals surface area contributed by atoms with E-state index in [0.29, 0.717) is 13.0 Å². The Hall–Kier alpha value is -1.55. The molecule has 0 aromatic heterocycles. The zero-order valence-electron chi connectivity index (χ0n) is 13.8. The fraction of sp³-hybridized carbons (Fsp3) is 0.611. The zero-order chi connectivity index (χ0) is 16.1. The van der Waals surface area contributed by atoms with Crippen LogP contribution in [0.4, 0.5) is 0 Å². The van der Waals surface area contributed by atoms with Crippen LogP contribution >= 0.6 is 0 Å². The second-order valence-electron chi connectivity index (χ2n) is 6.04. The van der Waals surface area contributed by atoms with Crippen LogP contribution in [0.25, 0.3) is 0 Å². The number of rotatable bonds is 6. The number of ether oxygens (including phenoxy) is 1. The lowest BCUT2D eigenvalue weighted by Gasteiger charge is -2.30. The molecule has 0 bridgehead atoms. The molecule has 1 aliphatic rings. The lowest BCUT2D eigenvalue weighted by atomic mass is 9.92. The summed E-state index contributed by atoms with van der Waals surface area (Å²) in [6, 6.07) is 4.04. The first-order chi connectivity index (χ1) is 10.6. The molecule has 2 unspecified atom stereocenters. The highest BCUT2D eigenvalue weighted by atomic mass is 16.5. The fourth-order valence-corrected chi connectivity index (χ4v) is 2.94. The van der Waals surface area contributed by atoms with Gasteiger partial charge in [-0.15, -0.1) is 0 Å². The van der Waals surface area contributed by atoms with Gasteiger partial charge in [-0.3, -0.25) is 4.79 Å². The Labute approximate surface area is 132 Å². The van der Waals surface area contributed by atoms with Crippen molar-refractivity contribution in [3.8, 4) is 5.75 Å². The minimum atomic E-state index is -0.505. The van der Waals surface area contributed by atoms with Gasteiger partial charge in [0.1, 0.15) is 5.75 Å². The van der Waals surface area contributed by atoms with Crippen LogP contribution in [0.2, 0.25) is 0 Å². The van der Waals surface area contributed by atoms with E-state index in [9.17, 15) is 9.90 Å². The molecule has 0 spiro atoms. The van der Waals surface area contributed by atoms with E-state index in [2.05, 4.69) is 18.3 Å². The van der Waals surface area contributed by atoms with Crippen LogP contribution in [-0.4, -0.2) is 17.6 Å². The number of benzene rings is 1. The zero-order valence-corrected chi connectivity index (χ0v) is 13.8. The quantitative estimate of drug-likeness (QED) is 0.844. The summed E-state index contributed by atoms with van der Waals surface area (Å²) in [4.78, 5) is 11.7. The highest BCUT2D eigenvalue weighted by Crippen LogP contribution is 2.39. The molecule has 4 heteroatoms. The van der Waals surface area contributed by atoms with E-state index >= 15 is 0 Å².